The van der Waals surface area contributed by atoms with E-state index in [4.69, 9.17) is 9.84 Å². The van der Waals surface area contributed by atoms with Crippen LogP contribution in [0.4, 0.5) is 10.2 Å². The number of methoxy groups -OCH3 is 1. The maximum Gasteiger partial charge on any atom is 0.172 e. The van der Waals surface area contributed by atoms with Gasteiger partial charge >= 0.3 is 0 Å². The molecule has 5 rings (SSSR count). The summed E-state index contributed by atoms with van der Waals surface area (Å²) in [5.74, 6) is 1.14. The van der Waals surface area contributed by atoms with Crippen LogP contribution in [0.15, 0.2) is 96.1 Å². The van der Waals surface area contributed by atoms with Crippen molar-refractivity contribution >= 4 is 11.5 Å². The largest absolute Gasteiger partial charge is 0.497 e. The number of rotatable bonds is 5. The van der Waals surface area contributed by atoms with Crippen LogP contribution >= 0.6 is 0 Å². The predicted octanol–water partition coefficient (Wildman–Crippen LogP) is 5.65. The molecular weight excluding hydrogens is 403 g/mol. The van der Waals surface area contributed by atoms with Crippen molar-refractivity contribution in [3.63, 3.8) is 0 Å². The molecule has 1 atom stereocenters. The zero-order valence-corrected chi connectivity index (χ0v) is 17.5. The van der Waals surface area contributed by atoms with Crippen molar-refractivity contribution in [3.8, 4) is 17.0 Å². The number of ether oxygens (including phenoxy) is 1. The van der Waals surface area contributed by atoms with Crippen LogP contribution in [0.1, 0.15) is 23.6 Å². The van der Waals surface area contributed by atoms with Crippen LogP contribution in [-0.2, 0) is 0 Å². The quantitative estimate of drug-likeness (QED) is 0.416. The lowest BCUT2D eigenvalue weighted by Crippen LogP contribution is -2.20. The Morgan fingerprint density at radius 2 is 1.62 bits per heavy atom. The molecule has 0 N–H and O–H groups in total. The number of hydrazone groups is 1. The fourth-order valence-corrected chi connectivity index (χ4v) is 3.85. The Bertz CT molecular complexity index is 1240. The van der Waals surface area contributed by atoms with Gasteiger partial charge in [-0.05, 0) is 42.0 Å². The highest BCUT2D eigenvalue weighted by Crippen LogP contribution is 2.36. The summed E-state index contributed by atoms with van der Waals surface area (Å²) in [5, 5.41) is 15.6. The van der Waals surface area contributed by atoms with E-state index in [1.807, 2.05) is 71.7 Å². The maximum absolute atomic E-state index is 13.5. The molecule has 0 spiro atoms. The molecule has 0 amide bonds. The van der Waals surface area contributed by atoms with E-state index in [9.17, 15) is 4.39 Å². The highest BCUT2D eigenvalue weighted by molar-refractivity contribution is 6.03. The molecule has 0 fully saturated rings. The van der Waals surface area contributed by atoms with Crippen molar-refractivity contribution in [1.29, 1.82) is 0 Å². The van der Waals surface area contributed by atoms with Gasteiger partial charge < -0.3 is 4.74 Å². The summed E-state index contributed by atoms with van der Waals surface area (Å²) in [5.41, 5.74) is 4.65. The second kappa shape index (κ2) is 8.59. The number of anilines is 1. The molecule has 1 aliphatic rings. The number of nitrogens with zero attached hydrogens (tertiary/aromatic N) is 4. The van der Waals surface area contributed by atoms with E-state index in [0.717, 1.165) is 33.8 Å². The molecule has 32 heavy (non-hydrogen) atoms. The van der Waals surface area contributed by atoms with Gasteiger partial charge in [0.25, 0.3) is 0 Å². The van der Waals surface area contributed by atoms with E-state index >= 15 is 0 Å². The number of benzene rings is 3. The normalized spacial score (nSPS) is 15.5. The molecule has 1 aliphatic heterocycles. The first-order valence-electron chi connectivity index (χ1n) is 10.4. The first kappa shape index (κ1) is 19.9. The Hall–Kier alpha value is -4.06. The molecule has 4 aromatic rings. The molecule has 1 aromatic heterocycles. The molecule has 0 saturated carbocycles. The van der Waals surface area contributed by atoms with Crippen molar-refractivity contribution in [2.24, 2.45) is 5.10 Å². The molecule has 3 aromatic carbocycles. The molecule has 0 bridgehead atoms. The molecule has 0 radical (unpaired) electrons. The first-order chi connectivity index (χ1) is 15.7. The van der Waals surface area contributed by atoms with Crippen LogP contribution in [0.25, 0.3) is 11.3 Å². The van der Waals surface area contributed by atoms with Gasteiger partial charge in [0.1, 0.15) is 11.6 Å². The molecule has 2 heterocycles. The SMILES string of the molecule is COc1cccc(C2=NN(c3ccc(-c4ccccc4)nn3)C(c3ccc(F)cc3)C2)c1. The highest BCUT2D eigenvalue weighted by Gasteiger charge is 2.31. The summed E-state index contributed by atoms with van der Waals surface area (Å²) in [6.07, 6.45) is 0.654. The number of hydrogen-bond donors (Lipinski definition) is 0. The Kier molecular flexibility index (Phi) is 5.34. The third kappa shape index (κ3) is 3.95. The Balaban J connectivity index is 1.52. The van der Waals surface area contributed by atoms with Gasteiger partial charge in [-0.2, -0.15) is 5.10 Å². The van der Waals surface area contributed by atoms with E-state index in [1.54, 1.807) is 19.2 Å². The Morgan fingerprint density at radius 3 is 2.34 bits per heavy atom. The standard InChI is InChI=1S/C26H21FN4O/c1-32-22-9-5-8-20(16-22)24-17-25(19-10-12-21(27)13-11-19)31(30-24)26-15-14-23(28-29-26)18-6-3-2-4-7-18/h2-16,25H,17H2,1H3. The lowest BCUT2D eigenvalue weighted by molar-refractivity contribution is 0.414. The van der Waals surface area contributed by atoms with Crippen molar-refractivity contribution in [2.45, 2.75) is 12.5 Å². The molecule has 5 nitrogen and oxygen atoms in total. The predicted molar refractivity (Wildman–Crippen MR) is 123 cm³/mol. The minimum Gasteiger partial charge on any atom is -0.497 e. The van der Waals surface area contributed by atoms with Gasteiger partial charge in [-0.1, -0.05) is 54.6 Å². The molecule has 1 unspecified atom stereocenters. The summed E-state index contributed by atoms with van der Waals surface area (Å²) in [6, 6.07) is 28.0. The molecular formula is C26H21FN4O. The second-order valence-corrected chi connectivity index (χ2v) is 7.54. The van der Waals surface area contributed by atoms with Gasteiger partial charge in [-0.3, -0.25) is 0 Å². The van der Waals surface area contributed by atoms with Crippen molar-refractivity contribution in [3.05, 3.63) is 108 Å². The number of aromatic nitrogens is 2. The highest BCUT2D eigenvalue weighted by atomic mass is 19.1. The van der Waals surface area contributed by atoms with Gasteiger partial charge in [0.2, 0.25) is 0 Å². The van der Waals surface area contributed by atoms with Gasteiger partial charge in [-0.15, -0.1) is 10.2 Å². The average molecular weight is 424 g/mol. The fourth-order valence-electron chi connectivity index (χ4n) is 3.85. The second-order valence-electron chi connectivity index (χ2n) is 7.54. The summed E-state index contributed by atoms with van der Waals surface area (Å²) in [4.78, 5) is 0. The van der Waals surface area contributed by atoms with Gasteiger partial charge in [0, 0.05) is 17.5 Å². The maximum atomic E-state index is 13.5. The Labute approximate surface area is 185 Å². The van der Waals surface area contributed by atoms with E-state index in [1.165, 1.54) is 12.1 Å². The minimum absolute atomic E-state index is 0.117. The van der Waals surface area contributed by atoms with Crippen molar-refractivity contribution in [1.82, 2.24) is 10.2 Å². The summed E-state index contributed by atoms with van der Waals surface area (Å²) < 4.78 is 18.9. The van der Waals surface area contributed by atoms with Crippen LogP contribution in [0.2, 0.25) is 0 Å². The van der Waals surface area contributed by atoms with Crippen LogP contribution in [0.5, 0.6) is 5.75 Å². The third-order valence-electron chi connectivity index (χ3n) is 5.52. The number of hydrogen-bond acceptors (Lipinski definition) is 5. The van der Waals surface area contributed by atoms with Crippen molar-refractivity contribution in [2.75, 3.05) is 12.1 Å². The average Bonchev–Trinajstić information content (AvgIpc) is 3.31. The summed E-state index contributed by atoms with van der Waals surface area (Å²) in [7, 11) is 1.65. The molecule has 0 aliphatic carbocycles. The van der Waals surface area contributed by atoms with Crippen molar-refractivity contribution < 1.29 is 9.13 Å². The van der Waals surface area contributed by atoms with Crippen LogP contribution < -0.4 is 9.75 Å². The van der Waals surface area contributed by atoms with Gasteiger partial charge in [0.05, 0.1) is 24.6 Å². The Morgan fingerprint density at radius 1 is 0.844 bits per heavy atom. The van der Waals surface area contributed by atoms with Crippen LogP contribution in [0, 0.1) is 5.82 Å². The van der Waals surface area contributed by atoms with E-state index in [2.05, 4.69) is 10.2 Å². The lowest BCUT2D eigenvalue weighted by atomic mass is 9.98. The smallest absolute Gasteiger partial charge is 0.172 e. The monoisotopic (exact) mass is 424 g/mol. The summed E-state index contributed by atoms with van der Waals surface area (Å²) >= 11 is 0. The van der Waals surface area contributed by atoms with E-state index < -0.39 is 0 Å². The zero-order chi connectivity index (χ0) is 21.9. The molecule has 6 heteroatoms. The van der Waals surface area contributed by atoms with Crippen LogP contribution in [0.3, 0.4) is 0 Å². The van der Waals surface area contributed by atoms with Crippen LogP contribution in [-0.4, -0.2) is 23.0 Å². The zero-order valence-electron chi connectivity index (χ0n) is 17.5. The van der Waals surface area contributed by atoms with Gasteiger partial charge in [-0.25, -0.2) is 9.40 Å². The van der Waals surface area contributed by atoms with E-state index in [-0.39, 0.29) is 11.9 Å². The third-order valence-corrected chi connectivity index (χ3v) is 5.52. The topological polar surface area (TPSA) is 50.6 Å². The minimum atomic E-state index is -0.265. The lowest BCUT2D eigenvalue weighted by Gasteiger charge is -2.22. The first-order valence-corrected chi connectivity index (χ1v) is 10.4. The molecule has 0 saturated heterocycles. The molecule has 158 valence electrons. The fraction of sp³-hybridized carbons (Fsp3) is 0.115. The van der Waals surface area contributed by atoms with E-state index in [0.29, 0.717) is 12.2 Å². The number of halogens is 1. The summed E-state index contributed by atoms with van der Waals surface area (Å²) in [6.45, 7) is 0. The van der Waals surface area contributed by atoms with Gasteiger partial charge in [0.15, 0.2) is 5.82 Å².